The zero-order chi connectivity index (χ0) is 20.0. The highest BCUT2D eigenvalue weighted by Gasteiger charge is 2.35. The number of hydrogen-bond donors (Lipinski definition) is 3. The Kier molecular flexibility index (Phi) is 7.52. The summed E-state index contributed by atoms with van der Waals surface area (Å²) in [5, 5.41) is 20.1. The van der Waals surface area contributed by atoms with Crippen LogP contribution in [-0.4, -0.2) is 59.5 Å². The molecule has 1 saturated heterocycles. The van der Waals surface area contributed by atoms with Gasteiger partial charge in [0, 0.05) is 13.1 Å². The molecule has 9 heteroatoms. The van der Waals surface area contributed by atoms with Crippen molar-refractivity contribution in [1.82, 2.24) is 10.5 Å². The van der Waals surface area contributed by atoms with Crippen molar-refractivity contribution < 1.29 is 29.1 Å². The van der Waals surface area contributed by atoms with Gasteiger partial charge in [0.25, 0.3) is 5.91 Å². The molecule has 0 bridgehead atoms. The number of nitrogens with one attached hydrogen (secondary N) is 1. The first-order valence-electron chi connectivity index (χ1n) is 8.91. The Hall–Kier alpha value is -2.23. The third-order valence-electron chi connectivity index (χ3n) is 4.44. The topological polar surface area (TPSA) is 102 Å². The number of benzene rings is 1. The number of aliphatic hydroxyl groups excluding tert-OH is 1. The van der Waals surface area contributed by atoms with E-state index < -0.39 is 23.9 Å². The minimum atomic E-state index is -1.70. The van der Waals surface area contributed by atoms with Crippen LogP contribution >= 0.6 is 0 Å². The van der Waals surface area contributed by atoms with Crippen LogP contribution in [0, 0.1) is 17.7 Å². The van der Waals surface area contributed by atoms with E-state index in [1.165, 1.54) is 16.6 Å². The first-order valence-corrected chi connectivity index (χ1v) is 8.91. The number of amides is 1. The highest BCUT2D eigenvalue weighted by molar-refractivity contribution is 5.86. The molecule has 0 saturated carbocycles. The molecule has 3 N–H and O–H groups in total. The Balaban J connectivity index is 1.94. The molecule has 2 rings (SSSR count). The maximum atomic E-state index is 13.9. The summed E-state index contributed by atoms with van der Waals surface area (Å²) >= 11 is 0. The van der Waals surface area contributed by atoms with Crippen LogP contribution in [0.2, 0.25) is 0 Å². The molecule has 1 heterocycles. The van der Waals surface area contributed by atoms with Gasteiger partial charge in [0.1, 0.15) is 11.9 Å². The standard InChI is InChI=1S/C18H26FN3O5/c1-12(2)11-13(16(23)17(24)20-26)18(25)27-22-9-7-21(8-10-22)15-6-4-3-5-14(15)19/h3-6,12-13,16,23,26H,7-11H2,1-2H3,(H,20,24)/t13-,16+/m0/s1. The van der Waals surface area contributed by atoms with Crippen LogP contribution in [-0.2, 0) is 14.4 Å². The fraction of sp³-hybridized carbons (Fsp3) is 0.556. The number of rotatable bonds is 7. The number of aliphatic hydroxyl groups is 1. The van der Waals surface area contributed by atoms with Crippen LogP contribution in [0.1, 0.15) is 20.3 Å². The number of hydrogen-bond acceptors (Lipinski definition) is 7. The normalized spacial score (nSPS) is 17.5. The van der Waals surface area contributed by atoms with Gasteiger partial charge < -0.3 is 14.8 Å². The molecule has 0 radical (unpaired) electrons. The number of hydroxylamine groups is 3. The van der Waals surface area contributed by atoms with E-state index in [4.69, 9.17) is 10.0 Å². The van der Waals surface area contributed by atoms with Crippen molar-refractivity contribution in [2.45, 2.75) is 26.4 Å². The predicted octanol–water partition coefficient (Wildman–Crippen LogP) is 0.935. The number of halogens is 1. The number of carbonyl (C=O) groups is 2. The summed E-state index contributed by atoms with van der Waals surface area (Å²) in [6.45, 7) is 5.33. The summed E-state index contributed by atoms with van der Waals surface area (Å²) < 4.78 is 13.9. The second-order valence-electron chi connectivity index (χ2n) is 6.93. The highest BCUT2D eigenvalue weighted by Crippen LogP contribution is 2.22. The third-order valence-corrected chi connectivity index (χ3v) is 4.44. The molecule has 1 fully saturated rings. The molecule has 0 unspecified atom stereocenters. The molecule has 1 amide bonds. The zero-order valence-electron chi connectivity index (χ0n) is 15.5. The first-order chi connectivity index (χ1) is 12.8. The molecule has 27 heavy (non-hydrogen) atoms. The Morgan fingerprint density at radius 2 is 1.85 bits per heavy atom. The summed E-state index contributed by atoms with van der Waals surface area (Å²) in [5.74, 6) is -3.16. The summed E-state index contributed by atoms with van der Waals surface area (Å²) in [6, 6.07) is 6.47. The minimum absolute atomic E-state index is 0.0293. The molecule has 1 aromatic carbocycles. The molecule has 2 atom stereocenters. The number of carbonyl (C=O) groups excluding carboxylic acids is 2. The number of piperazine rings is 1. The van der Waals surface area contributed by atoms with Crippen molar-refractivity contribution >= 4 is 17.6 Å². The SMILES string of the molecule is CC(C)C[C@H](C(=O)ON1CCN(c2ccccc2F)CC1)[C@@H](O)C(=O)NO. The van der Waals surface area contributed by atoms with Gasteiger partial charge in [-0.3, -0.25) is 10.0 Å². The number of anilines is 1. The number of para-hydroxylation sites is 1. The lowest BCUT2D eigenvalue weighted by atomic mass is 9.92. The lowest BCUT2D eigenvalue weighted by molar-refractivity contribution is -0.202. The van der Waals surface area contributed by atoms with Crippen LogP contribution in [0.3, 0.4) is 0 Å². The van der Waals surface area contributed by atoms with Gasteiger partial charge in [-0.05, 0) is 24.5 Å². The first kappa shape index (κ1) is 21.1. The maximum Gasteiger partial charge on any atom is 0.331 e. The molecule has 0 aliphatic carbocycles. The van der Waals surface area contributed by atoms with E-state index in [9.17, 15) is 19.1 Å². The Morgan fingerprint density at radius 3 is 2.41 bits per heavy atom. The van der Waals surface area contributed by atoms with Crippen molar-refractivity contribution in [1.29, 1.82) is 0 Å². The van der Waals surface area contributed by atoms with Gasteiger partial charge in [0.05, 0.1) is 24.7 Å². The van der Waals surface area contributed by atoms with E-state index in [1.807, 2.05) is 18.7 Å². The van der Waals surface area contributed by atoms with Crippen molar-refractivity contribution in [3.63, 3.8) is 0 Å². The lowest BCUT2D eigenvalue weighted by Gasteiger charge is -2.35. The van der Waals surface area contributed by atoms with E-state index in [0.29, 0.717) is 31.9 Å². The highest BCUT2D eigenvalue weighted by atomic mass is 19.1. The monoisotopic (exact) mass is 383 g/mol. The van der Waals surface area contributed by atoms with Crippen LogP contribution in [0.15, 0.2) is 24.3 Å². The summed E-state index contributed by atoms with van der Waals surface area (Å²) in [6.07, 6.45) is -1.48. The summed E-state index contributed by atoms with van der Waals surface area (Å²) in [7, 11) is 0. The van der Waals surface area contributed by atoms with Crippen LogP contribution in [0.5, 0.6) is 0 Å². The van der Waals surface area contributed by atoms with E-state index in [1.54, 1.807) is 18.2 Å². The predicted molar refractivity (Wildman–Crippen MR) is 95.2 cm³/mol. The molecule has 1 aliphatic heterocycles. The van der Waals surface area contributed by atoms with Gasteiger partial charge in [-0.25, -0.2) is 14.7 Å². The smallest absolute Gasteiger partial charge is 0.331 e. The average molecular weight is 383 g/mol. The van der Waals surface area contributed by atoms with E-state index >= 15 is 0 Å². The van der Waals surface area contributed by atoms with E-state index in [0.717, 1.165) is 0 Å². The molecular formula is C18H26FN3O5. The zero-order valence-corrected chi connectivity index (χ0v) is 15.5. The molecule has 150 valence electrons. The van der Waals surface area contributed by atoms with E-state index in [-0.39, 0.29) is 18.2 Å². The maximum absolute atomic E-state index is 13.9. The van der Waals surface area contributed by atoms with Gasteiger partial charge >= 0.3 is 5.97 Å². The van der Waals surface area contributed by atoms with Gasteiger partial charge in [0.15, 0.2) is 0 Å². The summed E-state index contributed by atoms with van der Waals surface area (Å²) in [4.78, 5) is 31.1. The fourth-order valence-corrected chi connectivity index (χ4v) is 3.03. The van der Waals surface area contributed by atoms with Crippen molar-refractivity contribution in [3.05, 3.63) is 30.1 Å². The van der Waals surface area contributed by atoms with Crippen LogP contribution < -0.4 is 10.4 Å². The van der Waals surface area contributed by atoms with Crippen LogP contribution in [0.25, 0.3) is 0 Å². The van der Waals surface area contributed by atoms with Gasteiger partial charge in [-0.1, -0.05) is 26.0 Å². The Bertz CT molecular complexity index is 650. The molecular weight excluding hydrogens is 357 g/mol. The van der Waals surface area contributed by atoms with Gasteiger partial charge in [-0.2, -0.15) is 0 Å². The molecule has 1 aromatic rings. The molecule has 1 aliphatic rings. The molecule has 8 nitrogen and oxygen atoms in total. The second kappa shape index (κ2) is 9.63. The Labute approximate surface area is 157 Å². The Morgan fingerprint density at radius 1 is 1.22 bits per heavy atom. The minimum Gasteiger partial charge on any atom is -0.382 e. The number of nitrogens with zero attached hydrogens (tertiary/aromatic N) is 2. The van der Waals surface area contributed by atoms with Crippen molar-refractivity contribution in [3.8, 4) is 0 Å². The fourth-order valence-electron chi connectivity index (χ4n) is 3.03. The van der Waals surface area contributed by atoms with Gasteiger partial charge in [-0.15, -0.1) is 5.06 Å². The van der Waals surface area contributed by atoms with Gasteiger partial charge in [0.2, 0.25) is 0 Å². The summed E-state index contributed by atoms with van der Waals surface area (Å²) in [5.41, 5.74) is 1.85. The van der Waals surface area contributed by atoms with Crippen LogP contribution in [0.4, 0.5) is 10.1 Å². The van der Waals surface area contributed by atoms with Crippen molar-refractivity contribution in [2.75, 3.05) is 31.1 Å². The largest absolute Gasteiger partial charge is 0.382 e. The molecule has 0 aromatic heterocycles. The average Bonchev–Trinajstić information content (AvgIpc) is 2.65. The quantitative estimate of drug-likeness (QED) is 0.476. The third kappa shape index (κ3) is 5.62. The van der Waals surface area contributed by atoms with Crippen molar-refractivity contribution in [2.24, 2.45) is 11.8 Å². The molecule has 0 spiro atoms. The second-order valence-corrected chi connectivity index (χ2v) is 6.93. The van der Waals surface area contributed by atoms with E-state index in [2.05, 4.69) is 0 Å². The lowest BCUT2D eigenvalue weighted by Crippen LogP contribution is -2.49.